The van der Waals surface area contributed by atoms with Crippen LogP contribution >= 0.6 is 11.6 Å². The second-order valence-electron chi connectivity index (χ2n) is 5.79. The van der Waals surface area contributed by atoms with Crippen LogP contribution in [-0.4, -0.2) is 33.3 Å². The molecule has 0 aromatic heterocycles. The van der Waals surface area contributed by atoms with Crippen LogP contribution in [0.1, 0.15) is 23.7 Å². The first-order valence-electron chi connectivity index (χ1n) is 8.35. The maximum absolute atomic E-state index is 13.0. The molecular weight excluding hydrogens is 409 g/mol. The molecule has 0 unspecified atom stereocenters. The Labute approximate surface area is 167 Å². The van der Waals surface area contributed by atoms with Crippen LogP contribution in [0, 0.1) is 5.82 Å². The number of carbonyl (C=O) groups excluding carboxylic acids is 2. The van der Waals surface area contributed by atoms with Gasteiger partial charge in [0.25, 0.3) is 15.9 Å². The molecule has 3 N–H and O–H groups in total. The summed E-state index contributed by atoms with van der Waals surface area (Å²) in [6, 6.07) is 8.26. The van der Waals surface area contributed by atoms with Gasteiger partial charge in [0.1, 0.15) is 5.82 Å². The number of sulfonamides is 1. The van der Waals surface area contributed by atoms with E-state index in [1.807, 2.05) is 6.92 Å². The lowest BCUT2D eigenvalue weighted by molar-refractivity contribution is -0.120. The predicted octanol–water partition coefficient (Wildman–Crippen LogP) is 2.54. The van der Waals surface area contributed by atoms with Crippen molar-refractivity contribution in [2.45, 2.75) is 18.2 Å². The van der Waals surface area contributed by atoms with Gasteiger partial charge in [-0.25, -0.2) is 12.8 Å². The lowest BCUT2D eigenvalue weighted by Gasteiger charge is -2.12. The zero-order chi connectivity index (χ0) is 20.7. The SMILES string of the molecule is CCCNC(=O)CNC(=O)c1ccc(Cl)c(NS(=O)(=O)c2ccc(F)cc2)c1. The average Bonchev–Trinajstić information content (AvgIpc) is 2.66. The normalized spacial score (nSPS) is 11.0. The van der Waals surface area contributed by atoms with E-state index in [4.69, 9.17) is 11.6 Å². The Morgan fingerprint density at radius 2 is 1.75 bits per heavy atom. The lowest BCUT2D eigenvalue weighted by atomic mass is 10.2. The standard InChI is InChI=1S/C18H19ClFN3O4S/c1-2-9-21-17(24)11-22-18(25)12-3-8-15(19)16(10-12)23-28(26,27)14-6-4-13(20)5-7-14/h3-8,10,23H,2,9,11H2,1H3,(H,21,24)(H,22,25). The summed E-state index contributed by atoms with van der Waals surface area (Å²) >= 11 is 6.02. The number of amides is 2. The topological polar surface area (TPSA) is 104 Å². The van der Waals surface area contributed by atoms with Crippen molar-refractivity contribution >= 4 is 39.1 Å². The molecule has 0 radical (unpaired) electrons. The van der Waals surface area contributed by atoms with Crippen LogP contribution in [0.15, 0.2) is 47.4 Å². The van der Waals surface area contributed by atoms with Gasteiger partial charge in [0.2, 0.25) is 5.91 Å². The summed E-state index contributed by atoms with van der Waals surface area (Å²) < 4.78 is 40.1. The number of nitrogens with one attached hydrogen (secondary N) is 3. The quantitative estimate of drug-likeness (QED) is 0.602. The number of halogens is 2. The van der Waals surface area contributed by atoms with Crippen molar-refractivity contribution in [1.29, 1.82) is 0 Å². The second kappa shape index (κ2) is 9.52. The number of hydrogen-bond donors (Lipinski definition) is 3. The van der Waals surface area contributed by atoms with E-state index >= 15 is 0 Å². The van der Waals surface area contributed by atoms with Crippen molar-refractivity contribution in [2.24, 2.45) is 0 Å². The molecule has 2 rings (SSSR count). The fraction of sp³-hybridized carbons (Fsp3) is 0.222. The molecule has 7 nitrogen and oxygen atoms in total. The van der Waals surface area contributed by atoms with Gasteiger partial charge >= 0.3 is 0 Å². The van der Waals surface area contributed by atoms with Crippen LogP contribution < -0.4 is 15.4 Å². The Hall–Kier alpha value is -2.65. The third-order valence-corrected chi connectivity index (χ3v) is 5.29. The molecule has 0 aliphatic rings. The molecule has 2 aromatic rings. The first-order chi connectivity index (χ1) is 13.2. The molecule has 0 heterocycles. The van der Waals surface area contributed by atoms with E-state index in [1.165, 1.54) is 18.2 Å². The predicted molar refractivity (Wildman–Crippen MR) is 104 cm³/mol. The fourth-order valence-electron chi connectivity index (χ4n) is 2.15. The van der Waals surface area contributed by atoms with Crippen LogP contribution in [0.3, 0.4) is 0 Å². The molecule has 150 valence electrons. The van der Waals surface area contributed by atoms with Crippen molar-refractivity contribution in [2.75, 3.05) is 17.8 Å². The van der Waals surface area contributed by atoms with Crippen LogP contribution in [0.25, 0.3) is 0 Å². The van der Waals surface area contributed by atoms with Gasteiger partial charge in [0.05, 0.1) is 22.2 Å². The highest BCUT2D eigenvalue weighted by Crippen LogP contribution is 2.26. The number of rotatable bonds is 8. The van der Waals surface area contributed by atoms with Gasteiger partial charge < -0.3 is 10.6 Å². The second-order valence-corrected chi connectivity index (χ2v) is 7.88. The highest BCUT2D eigenvalue weighted by Gasteiger charge is 2.17. The van der Waals surface area contributed by atoms with E-state index in [0.29, 0.717) is 6.54 Å². The van der Waals surface area contributed by atoms with Gasteiger partial charge in [-0.05, 0) is 48.9 Å². The number of hydrogen-bond acceptors (Lipinski definition) is 4. The lowest BCUT2D eigenvalue weighted by Crippen LogP contribution is -2.37. The molecule has 10 heteroatoms. The third-order valence-electron chi connectivity index (χ3n) is 3.58. The first kappa shape index (κ1) is 21.6. The summed E-state index contributed by atoms with van der Waals surface area (Å²) in [6.07, 6.45) is 0.772. The van der Waals surface area contributed by atoms with Gasteiger partial charge in [-0.15, -0.1) is 0 Å². The zero-order valence-electron chi connectivity index (χ0n) is 15.0. The maximum Gasteiger partial charge on any atom is 0.261 e. The molecule has 0 bridgehead atoms. The molecule has 0 aliphatic carbocycles. The molecule has 0 aliphatic heterocycles. The summed E-state index contributed by atoms with van der Waals surface area (Å²) in [4.78, 5) is 23.6. The summed E-state index contributed by atoms with van der Waals surface area (Å²) in [6.45, 7) is 2.20. The molecule has 28 heavy (non-hydrogen) atoms. The van der Waals surface area contributed by atoms with E-state index in [2.05, 4.69) is 15.4 Å². The Morgan fingerprint density at radius 1 is 1.07 bits per heavy atom. The van der Waals surface area contributed by atoms with E-state index in [9.17, 15) is 22.4 Å². The smallest absolute Gasteiger partial charge is 0.261 e. The summed E-state index contributed by atoms with van der Waals surface area (Å²) in [7, 11) is -4.03. The Morgan fingerprint density at radius 3 is 2.39 bits per heavy atom. The van der Waals surface area contributed by atoms with Gasteiger partial charge in [0, 0.05) is 12.1 Å². The zero-order valence-corrected chi connectivity index (χ0v) is 16.5. The van der Waals surface area contributed by atoms with Gasteiger partial charge in [0.15, 0.2) is 0 Å². The van der Waals surface area contributed by atoms with Gasteiger partial charge in [-0.3, -0.25) is 14.3 Å². The van der Waals surface area contributed by atoms with Crippen molar-refractivity contribution in [3.05, 3.63) is 58.9 Å². The van der Waals surface area contributed by atoms with Crippen molar-refractivity contribution < 1.29 is 22.4 Å². The number of benzene rings is 2. The Kier molecular flexibility index (Phi) is 7.36. The van der Waals surface area contributed by atoms with Gasteiger partial charge in [-0.1, -0.05) is 18.5 Å². The van der Waals surface area contributed by atoms with Crippen LogP contribution in [0.4, 0.5) is 10.1 Å². The van der Waals surface area contributed by atoms with Crippen molar-refractivity contribution in [3.8, 4) is 0 Å². The van der Waals surface area contributed by atoms with E-state index < -0.39 is 21.7 Å². The molecule has 2 amide bonds. The number of carbonyl (C=O) groups is 2. The summed E-state index contributed by atoms with van der Waals surface area (Å²) in [5.74, 6) is -1.47. The highest BCUT2D eigenvalue weighted by atomic mass is 35.5. The Balaban J connectivity index is 2.13. The minimum absolute atomic E-state index is 0.0194. The number of anilines is 1. The van der Waals surface area contributed by atoms with E-state index in [-0.39, 0.29) is 33.6 Å². The van der Waals surface area contributed by atoms with E-state index in [1.54, 1.807) is 0 Å². The molecule has 0 saturated heterocycles. The summed E-state index contributed by atoms with van der Waals surface area (Å²) in [5.41, 5.74) is 0.0959. The fourth-order valence-corrected chi connectivity index (χ4v) is 3.44. The maximum atomic E-state index is 13.0. The van der Waals surface area contributed by atoms with E-state index in [0.717, 1.165) is 30.7 Å². The average molecular weight is 428 g/mol. The monoisotopic (exact) mass is 427 g/mol. The van der Waals surface area contributed by atoms with Crippen molar-refractivity contribution in [3.63, 3.8) is 0 Å². The molecule has 0 atom stereocenters. The minimum atomic E-state index is -4.03. The van der Waals surface area contributed by atoms with Crippen LogP contribution in [-0.2, 0) is 14.8 Å². The molecule has 0 spiro atoms. The molecule has 0 saturated carbocycles. The molecular formula is C18H19ClFN3O4S. The summed E-state index contributed by atoms with van der Waals surface area (Å²) in [5, 5.41) is 5.13. The van der Waals surface area contributed by atoms with Crippen LogP contribution in [0.5, 0.6) is 0 Å². The largest absolute Gasteiger partial charge is 0.355 e. The molecule has 0 fully saturated rings. The first-order valence-corrected chi connectivity index (χ1v) is 10.2. The van der Waals surface area contributed by atoms with Gasteiger partial charge in [-0.2, -0.15) is 0 Å². The third kappa shape index (κ3) is 5.93. The van der Waals surface area contributed by atoms with Crippen molar-refractivity contribution in [1.82, 2.24) is 10.6 Å². The Bertz CT molecular complexity index is 965. The highest BCUT2D eigenvalue weighted by molar-refractivity contribution is 7.92. The minimum Gasteiger partial charge on any atom is -0.355 e. The molecule has 2 aromatic carbocycles. The van der Waals surface area contributed by atoms with Crippen LogP contribution in [0.2, 0.25) is 5.02 Å².